The molecular formula is C33H40N2O4S. The van der Waals surface area contributed by atoms with Gasteiger partial charge in [-0.3, -0.25) is 9.69 Å². The predicted molar refractivity (Wildman–Crippen MR) is 163 cm³/mol. The van der Waals surface area contributed by atoms with Gasteiger partial charge in [0.25, 0.3) is 5.91 Å². The molecule has 1 saturated heterocycles. The van der Waals surface area contributed by atoms with Crippen molar-refractivity contribution in [3.8, 4) is 11.1 Å². The largest absolute Gasteiger partial charge is 0.480 e. The third-order valence-electron chi connectivity index (χ3n) is 7.70. The van der Waals surface area contributed by atoms with Gasteiger partial charge in [0.05, 0.1) is 6.61 Å². The van der Waals surface area contributed by atoms with E-state index in [9.17, 15) is 14.7 Å². The number of hydrogen-bond donors (Lipinski definition) is 2. The van der Waals surface area contributed by atoms with Crippen LogP contribution in [0.5, 0.6) is 0 Å². The maximum atomic E-state index is 13.4. The topological polar surface area (TPSA) is 78.9 Å². The third-order valence-corrected chi connectivity index (χ3v) is 8.35. The first kappa shape index (κ1) is 29.8. The number of benzene rings is 3. The van der Waals surface area contributed by atoms with Crippen LogP contribution in [0.15, 0.2) is 72.8 Å². The Hall–Kier alpha value is -3.13. The molecule has 0 radical (unpaired) electrons. The normalized spacial score (nSPS) is 18.0. The van der Waals surface area contributed by atoms with Crippen molar-refractivity contribution in [3.05, 3.63) is 95.1 Å². The Kier molecular flexibility index (Phi) is 10.8. The maximum Gasteiger partial charge on any atom is 0.326 e. The van der Waals surface area contributed by atoms with E-state index in [0.717, 1.165) is 48.2 Å². The van der Waals surface area contributed by atoms with Crippen molar-refractivity contribution >= 4 is 23.6 Å². The summed E-state index contributed by atoms with van der Waals surface area (Å²) in [6.45, 7) is 4.46. The van der Waals surface area contributed by atoms with Gasteiger partial charge in [-0.2, -0.15) is 11.8 Å². The molecule has 3 atom stereocenters. The number of aliphatic carboxylic acids is 1. The van der Waals surface area contributed by atoms with E-state index in [1.165, 1.54) is 5.56 Å². The molecule has 1 aliphatic heterocycles. The zero-order valence-electron chi connectivity index (χ0n) is 23.6. The van der Waals surface area contributed by atoms with Crippen molar-refractivity contribution in [2.75, 3.05) is 32.3 Å². The standard InChI is InChI=1S/C33H40N2O4S/c1-23-9-7-8-12-28(23)30-19-25(13-14-29(30)32(36)34-31(33(37)38)15-16-40-3)20-35-21-26(18-27(35)22-39-2)17-24-10-5-4-6-11-24/h4-14,19,26-27,31H,15-18,20-22H2,1-3H3,(H,34,36)(H,37,38)/t26?,27-,31?/m0/s1. The first-order valence-corrected chi connectivity index (χ1v) is 15.3. The van der Waals surface area contributed by atoms with Gasteiger partial charge >= 0.3 is 5.97 Å². The summed E-state index contributed by atoms with van der Waals surface area (Å²) in [6.07, 6.45) is 4.43. The Morgan fingerprint density at radius 1 is 1.05 bits per heavy atom. The molecule has 1 heterocycles. The third kappa shape index (κ3) is 7.74. The molecule has 3 aromatic rings. The molecule has 1 amide bonds. The van der Waals surface area contributed by atoms with E-state index in [1.54, 1.807) is 18.9 Å². The Balaban J connectivity index is 1.59. The average molecular weight is 561 g/mol. The Bertz CT molecular complexity index is 1280. The van der Waals surface area contributed by atoms with Gasteiger partial charge in [-0.1, -0.05) is 60.7 Å². The number of amides is 1. The van der Waals surface area contributed by atoms with Gasteiger partial charge in [0.15, 0.2) is 0 Å². The van der Waals surface area contributed by atoms with Crippen LogP contribution >= 0.6 is 11.8 Å². The van der Waals surface area contributed by atoms with Crippen molar-refractivity contribution in [1.29, 1.82) is 0 Å². The van der Waals surface area contributed by atoms with Crippen LogP contribution in [0.25, 0.3) is 11.1 Å². The number of nitrogens with one attached hydrogen (secondary N) is 1. The number of carbonyl (C=O) groups excluding carboxylic acids is 1. The highest BCUT2D eigenvalue weighted by atomic mass is 32.2. The van der Waals surface area contributed by atoms with Crippen molar-refractivity contribution in [3.63, 3.8) is 0 Å². The molecule has 0 saturated carbocycles. The second-order valence-corrected chi connectivity index (χ2v) is 11.7. The Labute approximate surface area is 242 Å². The second kappa shape index (κ2) is 14.5. The molecule has 1 fully saturated rings. The van der Waals surface area contributed by atoms with E-state index in [1.807, 2.05) is 49.6 Å². The molecule has 0 bridgehead atoms. The number of ether oxygens (including phenoxy) is 1. The van der Waals surface area contributed by atoms with Gasteiger partial charge in [0, 0.05) is 31.8 Å². The molecule has 212 valence electrons. The van der Waals surface area contributed by atoms with Crippen molar-refractivity contribution in [2.45, 2.75) is 44.8 Å². The number of hydrogen-bond acceptors (Lipinski definition) is 5. The molecule has 3 aromatic carbocycles. The smallest absolute Gasteiger partial charge is 0.326 e. The number of thioether (sulfide) groups is 1. The number of carboxylic acid groups (broad SMARTS) is 1. The molecule has 2 N–H and O–H groups in total. The van der Waals surface area contributed by atoms with Crippen molar-refractivity contribution < 1.29 is 19.4 Å². The van der Waals surface area contributed by atoms with E-state index in [4.69, 9.17) is 4.74 Å². The van der Waals surface area contributed by atoms with Gasteiger partial charge < -0.3 is 15.2 Å². The summed E-state index contributed by atoms with van der Waals surface area (Å²) < 4.78 is 5.59. The van der Waals surface area contributed by atoms with Crippen LogP contribution in [0.3, 0.4) is 0 Å². The summed E-state index contributed by atoms with van der Waals surface area (Å²) in [4.78, 5) is 27.7. The Morgan fingerprint density at radius 2 is 1.80 bits per heavy atom. The molecule has 0 aliphatic carbocycles. The first-order valence-electron chi connectivity index (χ1n) is 13.9. The van der Waals surface area contributed by atoms with Crippen molar-refractivity contribution in [2.24, 2.45) is 5.92 Å². The van der Waals surface area contributed by atoms with Crippen LogP contribution in [0.1, 0.15) is 39.9 Å². The SMILES string of the molecule is COC[C@@H]1CC(Cc2ccccc2)CN1Cc1ccc(C(=O)NC(CCSC)C(=O)O)c(-c2ccccc2C)c1. The minimum atomic E-state index is -1.01. The number of aryl methyl sites for hydroxylation is 1. The number of nitrogens with zero attached hydrogens (tertiary/aromatic N) is 1. The quantitative estimate of drug-likeness (QED) is 0.280. The van der Waals surface area contributed by atoms with Crippen LogP contribution in [0.4, 0.5) is 0 Å². The number of carboxylic acids is 1. The lowest BCUT2D eigenvalue weighted by molar-refractivity contribution is -0.139. The summed E-state index contributed by atoms with van der Waals surface area (Å²) in [5, 5.41) is 12.4. The van der Waals surface area contributed by atoms with Gasteiger partial charge in [-0.15, -0.1) is 0 Å². The summed E-state index contributed by atoms with van der Waals surface area (Å²) in [6, 6.07) is 24.0. The highest BCUT2D eigenvalue weighted by molar-refractivity contribution is 7.98. The lowest BCUT2D eigenvalue weighted by Crippen LogP contribution is -2.41. The zero-order chi connectivity index (χ0) is 28.5. The number of methoxy groups -OCH3 is 1. The average Bonchev–Trinajstić information content (AvgIpc) is 3.31. The molecule has 7 heteroatoms. The lowest BCUT2D eigenvalue weighted by Gasteiger charge is -2.24. The fraction of sp³-hybridized carbons (Fsp3) is 0.394. The van der Waals surface area contributed by atoms with E-state index < -0.39 is 12.0 Å². The van der Waals surface area contributed by atoms with Crippen LogP contribution in [-0.4, -0.2) is 66.2 Å². The molecule has 1 aliphatic rings. The molecule has 2 unspecified atom stereocenters. The monoisotopic (exact) mass is 560 g/mol. The summed E-state index contributed by atoms with van der Waals surface area (Å²) in [5.41, 5.74) is 5.83. The van der Waals surface area contributed by atoms with Gasteiger partial charge in [-0.25, -0.2) is 4.79 Å². The first-order chi connectivity index (χ1) is 19.4. The maximum absolute atomic E-state index is 13.4. The molecule has 0 aromatic heterocycles. The minimum absolute atomic E-state index is 0.330. The zero-order valence-corrected chi connectivity index (χ0v) is 24.5. The van der Waals surface area contributed by atoms with E-state index in [-0.39, 0.29) is 5.91 Å². The Morgan fingerprint density at radius 3 is 2.50 bits per heavy atom. The van der Waals surface area contributed by atoms with Crippen molar-refractivity contribution in [1.82, 2.24) is 10.2 Å². The number of carbonyl (C=O) groups is 2. The number of likely N-dealkylation sites (tertiary alicyclic amines) is 1. The van der Waals surface area contributed by atoms with Crippen LogP contribution in [-0.2, 0) is 22.5 Å². The molecular weight excluding hydrogens is 520 g/mol. The number of rotatable bonds is 13. The van der Waals surface area contributed by atoms with Crippen LogP contribution in [0.2, 0.25) is 0 Å². The van der Waals surface area contributed by atoms with Gasteiger partial charge in [-0.05, 0) is 84.1 Å². The van der Waals surface area contributed by atoms with Gasteiger partial charge in [0.1, 0.15) is 6.04 Å². The minimum Gasteiger partial charge on any atom is -0.480 e. The fourth-order valence-corrected chi connectivity index (χ4v) is 6.16. The molecule has 4 rings (SSSR count). The molecule has 6 nitrogen and oxygen atoms in total. The summed E-state index contributed by atoms with van der Waals surface area (Å²) >= 11 is 1.56. The predicted octanol–water partition coefficient (Wildman–Crippen LogP) is 5.68. The van der Waals surface area contributed by atoms with Gasteiger partial charge in [0.2, 0.25) is 0 Å². The fourth-order valence-electron chi connectivity index (χ4n) is 5.69. The molecule has 40 heavy (non-hydrogen) atoms. The second-order valence-electron chi connectivity index (χ2n) is 10.7. The van der Waals surface area contributed by atoms with E-state index in [2.05, 4.69) is 46.6 Å². The van der Waals surface area contributed by atoms with Crippen LogP contribution in [0, 0.1) is 12.8 Å². The lowest BCUT2D eigenvalue weighted by atomic mass is 9.93. The molecule has 0 spiro atoms. The summed E-state index contributed by atoms with van der Waals surface area (Å²) in [5.74, 6) is -0.165. The van der Waals surface area contributed by atoms with E-state index in [0.29, 0.717) is 36.3 Å². The highest BCUT2D eigenvalue weighted by Crippen LogP contribution is 2.32. The van der Waals surface area contributed by atoms with E-state index >= 15 is 0 Å². The van der Waals surface area contributed by atoms with Crippen LogP contribution < -0.4 is 5.32 Å². The highest BCUT2D eigenvalue weighted by Gasteiger charge is 2.32. The summed E-state index contributed by atoms with van der Waals surface area (Å²) in [7, 11) is 1.76.